The highest BCUT2D eigenvalue weighted by molar-refractivity contribution is 7.94. The van der Waals surface area contributed by atoms with Crippen molar-refractivity contribution < 1.29 is 12.8 Å². The molecule has 1 aromatic heterocycles. The van der Waals surface area contributed by atoms with Crippen LogP contribution in [0.4, 0.5) is 10.1 Å². The smallest absolute Gasteiger partial charge is 0.262 e. The normalized spacial score (nSPS) is 14.7. The monoisotopic (exact) mass is 298 g/mol. The molecular formula is C12H11FN2O2S2. The summed E-state index contributed by atoms with van der Waals surface area (Å²) in [4.78, 5) is 3.95. The zero-order chi connectivity index (χ0) is 13.6. The molecule has 100 valence electrons. The fourth-order valence-electron chi connectivity index (χ4n) is 2.18. The van der Waals surface area contributed by atoms with Gasteiger partial charge < -0.3 is 0 Å². The van der Waals surface area contributed by atoms with Crippen LogP contribution in [0, 0.1) is 12.7 Å². The van der Waals surface area contributed by atoms with Gasteiger partial charge in [0.15, 0.2) is 4.21 Å². The highest BCUT2D eigenvalue weighted by Gasteiger charge is 2.34. The molecule has 7 heteroatoms. The lowest BCUT2D eigenvalue weighted by Crippen LogP contribution is -2.29. The molecule has 0 spiro atoms. The molecule has 0 unspecified atom stereocenters. The van der Waals surface area contributed by atoms with Crippen LogP contribution >= 0.6 is 11.3 Å². The van der Waals surface area contributed by atoms with Crippen molar-refractivity contribution in [3.05, 3.63) is 40.8 Å². The second-order valence-corrected chi connectivity index (χ2v) is 7.60. The number of para-hydroxylation sites is 1. The van der Waals surface area contributed by atoms with Crippen LogP contribution in [-0.4, -0.2) is 19.9 Å². The van der Waals surface area contributed by atoms with E-state index in [4.69, 9.17) is 0 Å². The SMILES string of the molecule is Cc1ncc(S(=O)(=O)N2CCc3cccc(F)c32)s1. The van der Waals surface area contributed by atoms with E-state index in [1.54, 1.807) is 19.1 Å². The molecule has 1 aliphatic heterocycles. The summed E-state index contributed by atoms with van der Waals surface area (Å²) in [5, 5.41) is 0.673. The quantitative estimate of drug-likeness (QED) is 0.855. The number of rotatable bonds is 2. The van der Waals surface area contributed by atoms with Crippen molar-refractivity contribution in [2.24, 2.45) is 0 Å². The number of hydrogen-bond donors (Lipinski definition) is 0. The number of nitrogens with zero attached hydrogens (tertiary/aromatic N) is 2. The molecular weight excluding hydrogens is 287 g/mol. The third kappa shape index (κ3) is 1.93. The van der Waals surface area contributed by atoms with Gasteiger partial charge in [-0.15, -0.1) is 11.3 Å². The average Bonchev–Trinajstić information content (AvgIpc) is 2.96. The van der Waals surface area contributed by atoms with Gasteiger partial charge in [0.05, 0.1) is 16.9 Å². The largest absolute Gasteiger partial charge is 0.275 e. The molecule has 4 nitrogen and oxygen atoms in total. The van der Waals surface area contributed by atoms with Gasteiger partial charge in [-0.3, -0.25) is 4.31 Å². The van der Waals surface area contributed by atoms with Gasteiger partial charge in [0.25, 0.3) is 10.0 Å². The van der Waals surface area contributed by atoms with Gasteiger partial charge >= 0.3 is 0 Å². The van der Waals surface area contributed by atoms with Crippen LogP contribution in [0.3, 0.4) is 0 Å². The molecule has 1 aromatic carbocycles. The van der Waals surface area contributed by atoms with E-state index in [-0.39, 0.29) is 16.4 Å². The molecule has 19 heavy (non-hydrogen) atoms. The van der Waals surface area contributed by atoms with E-state index in [1.807, 2.05) is 0 Å². The van der Waals surface area contributed by atoms with Gasteiger partial charge in [0.2, 0.25) is 0 Å². The number of benzene rings is 1. The van der Waals surface area contributed by atoms with Gasteiger partial charge in [-0.1, -0.05) is 12.1 Å². The minimum absolute atomic E-state index is 0.154. The third-order valence-electron chi connectivity index (χ3n) is 3.05. The molecule has 0 amide bonds. The van der Waals surface area contributed by atoms with E-state index < -0.39 is 15.8 Å². The van der Waals surface area contributed by atoms with Crippen LogP contribution in [0.5, 0.6) is 0 Å². The molecule has 2 aromatic rings. The van der Waals surface area contributed by atoms with Gasteiger partial charge in [-0.2, -0.15) is 0 Å². The summed E-state index contributed by atoms with van der Waals surface area (Å²) >= 11 is 1.10. The highest BCUT2D eigenvalue weighted by Crippen LogP contribution is 2.36. The van der Waals surface area contributed by atoms with Crippen molar-refractivity contribution in [1.29, 1.82) is 0 Å². The minimum Gasteiger partial charge on any atom is -0.262 e. The maximum atomic E-state index is 13.9. The van der Waals surface area contributed by atoms with Crippen molar-refractivity contribution in [2.75, 3.05) is 10.8 Å². The second-order valence-electron chi connectivity index (χ2n) is 4.27. The summed E-state index contributed by atoms with van der Waals surface area (Å²) < 4.78 is 40.2. The summed E-state index contributed by atoms with van der Waals surface area (Å²) in [5.74, 6) is -0.500. The summed E-state index contributed by atoms with van der Waals surface area (Å²) in [6.07, 6.45) is 1.86. The van der Waals surface area contributed by atoms with Crippen molar-refractivity contribution in [3.8, 4) is 0 Å². The Balaban J connectivity index is 2.11. The van der Waals surface area contributed by atoms with Crippen molar-refractivity contribution in [1.82, 2.24) is 4.98 Å². The molecule has 2 heterocycles. The number of thiazole rings is 1. The molecule has 0 saturated carbocycles. The number of hydrogen-bond acceptors (Lipinski definition) is 4. The lowest BCUT2D eigenvalue weighted by molar-refractivity contribution is 0.590. The van der Waals surface area contributed by atoms with Gasteiger partial charge in [0, 0.05) is 6.54 Å². The van der Waals surface area contributed by atoms with E-state index in [2.05, 4.69) is 4.98 Å². The van der Waals surface area contributed by atoms with E-state index in [9.17, 15) is 12.8 Å². The average molecular weight is 298 g/mol. The number of fused-ring (bicyclic) bond motifs is 1. The third-order valence-corrected chi connectivity index (χ3v) is 6.20. The number of aryl methyl sites for hydroxylation is 1. The topological polar surface area (TPSA) is 50.3 Å². The van der Waals surface area contributed by atoms with Crippen LogP contribution in [0.15, 0.2) is 28.6 Å². The lowest BCUT2D eigenvalue weighted by Gasteiger charge is -2.18. The number of anilines is 1. The molecule has 1 aliphatic rings. The van der Waals surface area contributed by atoms with Crippen molar-refractivity contribution in [3.63, 3.8) is 0 Å². The molecule has 0 N–H and O–H groups in total. The molecule has 0 radical (unpaired) electrons. The molecule has 0 atom stereocenters. The van der Waals surface area contributed by atoms with Crippen LogP contribution in [0.1, 0.15) is 10.6 Å². The van der Waals surface area contributed by atoms with Crippen LogP contribution in [-0.2, 0) is 16.4 Å². The second kappa shape index (κ2) is 4.28. The van der Waals surface area contributed by atoms with Crippen LogP contribution < -0.4 is 4.31 Å². The fourth-order valence-corrected chi connectivity index (χ4v) is 4.92. The van der Waals surface area contributed by atoms with Gasteiger partial charge in [0.1, 0.15) is 5.82 Å². The van der Waals surface area contributed by atoms with Gasteiger partial charge in [-0.05, 0) is 25.0 Å². The first kappa shape index (κ1) is 12.6. The lowest BCUT2D eigenvalue weighted by atomic mass is 10.2. The summed E-state index contributed by atoms with van der Waals surface area (Å²) in [6, 6.07) is 4.64. The number of aromatic nitrogens is 1. The number of halogens is 1. The first-order chi connectivity index (χ1) is 9.00. The zero-order valence-corrected chi connectivity index (χ0v) is 11.8. The zero-order valence-electron chi connectivity index (χ0n) is 10.1. The van der Waals surface area contributed by atoms with E-state index in [0.29, 0.717) is 11.4 Å². The number of sulfonamides is 1. The van der Waals surface area contributed by atoms with Crippen LogP contribution in [0.2, 0.25) is 0 Å². The summed E-state index contributed by atoms with van der Waals surface area (Å²) in [7, 11) is -3.70. The Hall–Kier alpha value is -1.47. The molecule has 0 aliphatic carbocycles. The first-order valence-corrected chi connectivity index (χ1v) is 7.98. The minimum atomic E-state index is -3.70. The predicted molar refractivity (Wildman–Crippen MR) is 71.5 cm³/mol. The Bertz CT molecular complexity index is 740. The van der Waals surface area contributed by atoms with E-state index in [0.717, 1.165) is 21.2 Å². The molecule has 0 saturated heterocycles. The summed E-state index contributed by atoms with van der Waals surface area (Å²) in [5.41, 5.74) is 0.901. The Morgan fingerprint density at radius 2 is 2.21 bits per heavy atom. The van der Waals surface area contributed by atoms with Crippen molar-refractivity contribution in [2.45, 2.75) is 17.6 Å². The van der Waals surface area contributed by atoms with Gasteiger partial charge in [-0.25, -0.2) is 17.8 Å². The standard InChI is InChI=1S/C12H11FN2O2S2/c1-8-14-7-11(18-8)19(16,17)15-6-5-9-3-2-4-10(13)12(9)15/h2-4,7H,5-6H2,1H3. The first-order valence-electron chi connectivity index (χ1n) is 5.73. The van der Waals surface area contributed by atoms with E-state index >= 15 is 0 Å². The maximum Gasteiger partial charge on any atom is 0.275 e. The molecule has 0 fully saturated rings. The Morgan fingerprint density at radius 1 is 1.42 bits per heavy atom. The maximum absolute atomic E-state index is 13.9. The molecule has 0 bridgehead atoms. The Morgan fingerprint density at radius 3 is 2.89 bits per heavy atom. The van der Waals surface area contributed by atoms with E-state index in [1.165, 1.54) is 12.3 Å². The highest BCUT2D eigenvalue weighted by atomic mass is 32.2. The summed E-state index contributed by atoms with van der Waals surface area (Å²) in [6.45, 7) is 2.01. The Kier molecular flexibility index (Phi) is 2.83. The molecule has 3 rings (SSSR count). The Labute approximate surface area is 114 Å². The van der Waals surface area contributed by atoms with Crippen LogP contribution in [0.25, 0.3) is 0 Å². The van der Waals surface area contributed by atoms with Crippen molar-refractivity contribution >= 4 is 27.0 Å². The fraction of sp³-hybridized carbons (Fsp3) is 0.250. The predicted octanol–water partition coefficient (Wildman–Crippen LogP) is 2.34.